The van der Waals surface area contributed by atoms with Crippen LogP contribution >= 0.6 is 0 Å². The number of aromatic nitrogens is 4. The van der Waals surface area contributed by atoms with Gasteiger partial charge in [0.05, 0.1) is 29.1 Å². The number of ketones is 1. The summed E-state index contributed by atoms with van der Waals surface area (Å²) in [4.78, 5) is 34.3. The van der Waals surface area contributed by atoms with Crippen molar-refractivity contribution in [1.29, 1.82) is 0 Å². The fourth-order valence-electron chi connectivity index (χ4n) is 3.50. The molecule has 0 radical (unpaired) electrons. The quantitative estimate of drug-likeness (QED) is 0.307. The third kappa shape index (κ3) is 4.86. The summed E-state index contributed by atoms with van der Waals surface area (Å²) in [5.74, 6) is -1.69. The van der Waals surface area contributed by atoms with Crippen LogP contribution in [0.2, 0.25) is 0 Å². The molecule has 0 bridgehead atoms. The number of hydrogen-bond acceptors (Lipinski definition) is 5. The summed E-state index contributed by atoms with van der Waals surface area (Å²) in [6.45, 7) is 0. The molecular formula is C25H16F2N6O2. The van der Waals surface area contributed by atoms with Gasteiger partial charge in [-0.1, -0.05) is 6.07 Å². The van der Waals surface area contributed by atoms with Crippen LogP contribution in [-0.2, 0) is 0 Å². The number of anilines is 2. The van der Waals surface area contributed by atoms with Crippen molar-refractivity contribution in [3.05, 3.63) is 102 Å². The van der Waals surface area contributed by atoms with E-state index in [0.29, 0.717) is 16.7 Å². The number of halogens is 2. The highest BCUT2D eigenvalue weighted by Gasteiger charge is 2.15. The van der Waals surface area contributed by atoms with Gasteiger partial charge in [0.1, 0.15) is 11.6 Å². The Morgan fingerprint density at radius 1 is 0.800 bits per heavy atom. The summed E-state index contributed by atoms with van der Waals surface area (Å²) in [5, 5.41) is 11.5. The van der Waals surface area contributed by atoms with E-state index in [2.05, 4.69) is 30.8 Å². The minimum absolute atomic E-state index is 0.0318. The standard InChI is InChI=1S/C25H16F2N6O2/c26-17-2-1-3-19(9-17)31-25(35)32-20-7-15(6-18(27)10-20)24(34)14-4-5-21-22(8-14)33-23(13-28-21)16-11-29-30-12-16/h1-13H,(H,29,30)(H2,31,32,35). The van der Waals surface area contributed by atoms with E-state index in [-0.39, 0.29) is 22.5 Å². The van der Waals surface area contributed by atoms with Gasteiger partial charge in [0.15, 0.2) is 5.78 Å². The molecule has 8 nitrogen and oxygen atoms in total. The topological polar surface area (TPSA) is 113 Å². The van der Waals surface area contributed by atoms with E-state index in [4.69, 9.17) is 0 Å². The van der Waals surface area contributed by atoms with Crippen molar-refractivity contribution in [3.8, 4) is 11.3 Å². The maximum Gasteiger partial charge on any atom is 0.323 e. The minimum Gasteiger partial charge on any atom is -0.308 e. The predicted octanol–water partition coefficient (Wildman–Crippen LogP) is 5.17. The lowest BCUT2D eigenvalue weighted by Gasteiger charge is -2.10. The van der Waals surface area contributed by atoms with Crippen LogP contribution in [0.1, 0.15) is 15.9 Å². The molecule has 0 saturated heterocycles. The van der Waals surface area contributed by atoms with Crippen molar-refractivity contribution in [1.82, 2.24) is 20.2 Å². The Balaban J connectivity index is 1.39. The van der Waals surface area contributed by atoms with Gasteiger partial charge in [-0.05, 0) is 54.6 Å². The van der Waals surface area contributed by atoms with E-state index in [1.54, 1.807) is 36.8 Å². The van der Waals surface area contributed by atoms with E-state index < -0.39 is 23.4 Å². The number of urea groups is 1. The first kappa shape index (κ1) is 21.8. The Morgan fingerprint density at radius 2 is 1.63 bits per heavy atom. The molecular weight excluding hydrogens is 454 g/mol. The van der Waals surface area contributed by atoms with E-state index in [9.17, 15) is 18.4 Å². The molecule has 2 heterocycles. The molecule has 2 aromatic heterocycles. The molecule has 0 saturated carbocycles. The number of nitrogens with one attached hydrogen (secondary N) is 3. The van der Waals surface area contributed by atoms with Gasteiger partial charge >= 0.3 is 6.03 Å². The predicted molar refractivity (Wildman–Crippen MR) is 126 cm³/mol. The number of nitrogens with zero attached hydrogens (tertiary/aromatic N) is 3. The van der Waals surface area contributed by atoms with E-state index in [1.165, 1.54) is 24.3 Å². The van der Waals surface area contributed by atoms with E-state index >= 15 is 0 Å². The lowest BCUT2D eigenvalue weighted by Crippen LogP contribution is -2.20. The fourth-order valence-corrected chi connectivity index (χ4v) is 3.50. The van der Waals surface area contributed by atoms with Gasteiger partial charge in [0.2, 0.25) is 0 Å². The van der Waals surface area contributed by atoms with Crippen LogP contribution in [0, 0.1) is 11.6 Å². The SMILES string of the molecule is O=C(Nc1cccc(F)c1)Nc1cc(F)cc(C(=O)c2ccc3ncc(-c4cn[nH]c4)nc3c2)c1. The normalized spacial score (nSPS) is 10.8. The number of carbonyl (C=O) groups excluding carboxylic acids is 2. The summed E-state index contributed by atoms with van der Waals surface area (Å²) < 4.78 is 27.6. The zero-order chi connectivity index (χ0) is 24.4. The van der Waals surface area contributed by atoms with Crippen LogP contribution in [-0.4, -0.2) is 32.0 Å². The Labute approximate surface area is 197 Å². The highest BCUT2D eigenvalue weighted by molar-refractivity contribution is 6.11. The number of H-pyrrole nitrogens is 1. The van der Waals surface area contributed by atoms with E-state index in [0.717, 1.165) is 23.8 Å². The lowest BCUT2D eigenvalue weighted by atomic mass is 10.0. The molecule has 0 fully saturated rings. The average molecular weight is 470 g/mol. The highest BCUT2D eigenvalue weighted by Crippen LogP contribution is 2.22. The Hall–Kier alpha value is -4.99. The maximum atomic E-state index is 14.3. The smallest absolute Gasteiger partial charge is 0.308 e. The monoisotopic (exact) mass is 470 g/mol. The molecule has 0 unspecified atom stereocenters. The molecule has 172 valence electrons. The average Bonchev–Trinajstić information content (AvgIpc) is 3.37. The van der Waals surface area contributed by atoms with Gasteiger partial charge in [-0.25, -0.2) is 18.6 Å². The summed E-state index contributed by atoms with van der Waals surface area (Å²) in [5.41, 5.74) is 2.99. The molecule has 0 aliphatic heterocycles. The van der Waals surface area contributed by atoms with Crippen LogP contribution in [0.5, 0.6) is 0 Å². The summed E-state index contributed by atoms with van der Waals surface area (Å²) in [6, 6.07) is 12.9. The first-order valence-corrected chi connectivity index (χ1v) is 10.4. The van der Waals surface area contributed by atoms with Crippen molar-refractivity contribution < 1.29 is 18.4 Å². The Kier molecular flexibility index (Phi) is 5.68. The van der Waals surface area contributed by atoms with Crippen LogP contribution in [0.25, 0.3) is 22.3 Å². The third-order valence-electron chi connectivity index (χ3n) is 5.10. The van der Waals surface area contributed by atoms with Gasteiger partial charge in [0.25, 0.3) is 0 Å². The number of fused-ring (bicyclic) bond motifs is 1. The largest absolute Gasteiger partial charge is 0.323 e. The molecule has 35 heavy (non-hydrogen) atoms. The molecule has 0 aliphatic rings. The van der Waals surface area contributed by atoms with Crippen molar-refractivity contribution in [2.75, 3.05) is 10.6 Å². The van der Waals surface area contributed by atoms with Crippen molar-refractivity contribution in [2.45, 2.75) is 0 Å². The van der Waals surface area contributed by atoms with Crippen LogP contribution in [0.3, 0.4) is 0 Å². The lowest BCUT2D eigenvalue weighted by molar-refractivity contribution is 0.103. The second kappa shape index (κ2) is 9.10. The number of hydrogen-bond donors (Lipinski definition) is 3. The Morgan fingerprint density at radius 3 is 2.43 bits per heavy atom. The first-order valence-electron chi connectivity index (χ1n) is 10.4. The number of carbonyl (C=O) groups is 2. The maximum absolute atomic E-state index is 14.3. The third-order valence-corrected chi connectivity index (χ3v) is 5.10. The van der Waals surface area contributed by atoms with Crippen LogP contribution in [0.4, 0.5) is 25.0 Å². The van der Waals surface area contributed by atoms with E-state index in [1.807, 2.05) is 0 Å². The molecule has 5 rings (SSSR count). The number of benzene rings is 3. The summed E-state index contributed by atoms with van der Waals surface area (Å²) >= 11 is 0. The number of rotatable bonds is 5. The molecule has 0 aliphatic carbocycles. The molecule has 5 aromatic rings. The second-order valence-electron chi connectivity index (χ2n) is 7.59. The molecule has 2 amide bonds. The molecule has 0 atom stereocenters. The van der Waals surface area contributed by atoms with Gasteiger partial charge in [-0.3, -0.25) is 14.9 Å². The van der Waals surface area contributed by atoms with Gasteiger partial charge < -0.3 is 10.6 Å². The highest BCUT2D eigenvalue weighted by atomic mass is 19.1. The zero-order valence-electron chi connectivity index (χ0n) is 17.9. The van der Waals surface area contributed by atoms with Crippen molar-refractivity contribution >= 4 is 34.2 Å². The molecule has 0 spiro atoms. The Bertz CT molecular complexity index is 1570. The number of aromatic amines is 1. The minimum atomic E-state index is -0.715. The van der Waals surface area contributed by atoms with Crippen molar-refractivity contribution in [3.63, 3.8) is 0 Å². The summed E-state index contributed by atoms with van der Waals surface area (Å²) in [6.07, 6.45) is 4.89. The van der Waals surface area contributed by atoms with Gasteiger partial charge in [-0.15, -0.1) is 0 Å². The van der Waals surface area contributed by atoms with Crippen LogP contribution in [0.15, 0.2) is 79.3 Å². The van der Waals surface area contributed by atoms with Gasteiger partial charge in [-0.2, -0.15) is 5.10 Å². The second-order valence-corrected chi connectivity index (χ2v) is 7.59. The van der Waals surface area contributed by atoms with Gasteiger partial charge in [0, 0.05) is 34.3 Å². The molecule has 3 N–H and O–H groups in total. The van der Waals surface area contributed by atoms with Crippen LogP contribution < -0.4 is 10.6 Å². The molecule has 3 aromatic carbocycles. The zero-order valence-corrected chi connectivity index (χ0v) is 17.9. The van der Waals surface area contributed by atoms with Crippen molar-refractivity contribution in [2.24, 2.45) is 0 Å². The molecule has 10 heteroatoms. The number of amides is 2. The first-order chi connectivity index (χ1) is 16.9. The fraction of sp³-hybridized carbons (Fsp3) is 0. The summed E-state index contributed by atoms with van der Waals surface area (Å²) in [7, 11) is 0.